The van der Waals surface area contributed by atoms with Crippen molar-refractivity contribution in [1.29, 1.82) is 0 Å². The quantitative estimate of drug-likeness (QED) is 0.493. The number of aryl methyl sites for hydroxylation is 1. The summed E-state index contributed by atoms with van der Waals surface area (Å²) in [6, 6.07) is 6.67. The Labute approximate surface area is 192 Å². The first-order valence-corrected chi connectivity index (χ1v) is 12.6. The summed E-state index contributed by atoms with van der Waals surface area (Å²) in [6.45, 7) is 9.72. The molecule has 5 heteroatoms. The van der Waals surface area contributed by atoms with Gasteiger partial charge in [0.1, 0.15) is 5.82 Å². The third-order valence-corrected chi connectivity index (χ3v) is 7.73. The van der Waals surface area contributed by atoms with Crippen LogP contribution in [-0.2, 0) is 6.42 Å². The van der Waals surface area contributed by atoms with Crippen LogP contribution in [-0.4, -0.2) is 28.6 Å². The first-order chi connectivity index (χ1) is 15.4. The molecule has 0 spiro atoms. The van der Waals surface area contributed by atoms with Crippen LogP contribution in [0.1, 0.15) is 70.7 Å². The second kappa shape index (κ2) is 10.1. The molecule has 3 atom stereocenters. The number of nitrogens with zero attached hydrogens (tertiary/aromatic N) is 1. The number of nitrogens with one attached hydrogen (secondary N) is 3. The lowest BCUT2D eigenvalue weighted by Gasteiger charge is -2.37. The molecule has 1 heterocycles. The molecule has 2 amide bonds. The SMILES string of the molecule is CC1=CC(CNC(=O)NC2CCCCC2)C(C(C)C)CC1Cc1nc2c(C)cccc2[nH]1. The molecular weight excluding hydrogens is 396 g/mol. The van der Waals surface area contributed by atoms with Crippen molar-refractivity contribution in [3.05, 3.63) is 41.2 Å². The molecule has 0 aliphatic heterocycles. The fourth-order valence-corrected chi connectivity index (χ4v) is 5.76. The summed E-state index contributed by atoms with van der Waals surface area (Å²) in [4.78, 5) is 20.9. The van der Waals surface area contributed by atoms with Gasteiger partial charge < -0.3 is 15.6 Å². The third kappa shape index (κ3) is 5.36. The van der Waals surface area contributed by atoms with E-state index >= 15 is 0 Å². The second-order valence-electron chi connectivity index (χ2n) is 10.5. The summed E-state index contributed by atoms with van der Waals surface area (Å²) in [6.07, 6.45) is 10.5. The number of hydrogen-bond acceptors (Lipinski definition) is 2. The molecular formula is C27H40N4O. The minimum Gasteiger partial charge on any atom is -0.342 e. The van der Waals surface area contributed by atoms with Gasteiger partial charge in [-0.1, -0.05) is 56.9 Å². The van der Waals surface area contributed by atoms with Gasteiger partial charge in [0.2, 0.25) is 0 Å². The van der Waals surface area contributed by atoms with Gasteiger partial charge >= 0.3 is 6.03 Å². The first kappa shape index (κ1) is 22.9. The van der Waals surface area contributed by atoms with Crippen molar-refractivity contribution in [2.24, 2.45) is 23.7 Å². The molecule has 4 rings (SSSR count). The molecule has 1 aromatic carbocycles. The van der Waals surface area contributed by atoms with Crippen LogP contribution in [0.5, 0.6) is 0 Å². The molecule has 2 aliphatic carbocycles. The van der Waals surface area contributed by atoms with E-state index in [9.17, 15) is 4.79 Å². The van der Waals surface area contributed by atoms with E-state index in [2.05, 4.69) is 67.6 Å². The van der Waals surface area contributed by atoms with E-state index in [0.29, 0.717) is 29.7 Å². The number of H-pyrrole nitrogens is 1. The number of benzene rings is 1. The Hall–Kier alpha value is -2.30. The van der Waals surface area contributed by atoms with E-state index in [-0.39, 0.29) is 6.03 Å². The average Bonchev–Trinajstić information content (AvgIpc) is 3.18. The molecule has 3 unspecified atom stereocenters. The van der Waals surface area contributed by atoms with Crippen molar-refractivity contribution in [3.63, 3.8) is 0 Å². The minimum atomic E-state index is 0.00484. The van der Waals surface area contributed by atoms with Gasteiger partial charge in [-0.15, -0.1) is 0 Å². The fourth-order valence-electron chi connectivity index (χ4n) is 5.76. The Balaban J connectivity index is 1.39. The zero-order chi connectivity index (χ0) is 22.7. The van der Waals surface area contributed by atoms with Gasteiger partial charge in [-0.2, -0.15) is 0 Å². The number of amides is 2. The predicted octanol–water partition coefficient (Wildman–Crippen LogP) is 5.90. The Bertz CT molecular complexity index is 954. The van der Waals surface area contributed by atoms with Crippen LogP contribution in [0.4, 0.5) is 4.79 Å². The van der Waals surface area contributed by atoms with E-state index < -0.39 is 0 Å². The number of carbonyl (C=O) groups excluding carboxylic acids is 1. The Morgan fingerprint density at radius 1 is 1.19 bits per heavy atom. The highest BCUT2D eigenvalue weighted by molar-refractivity contribution is 5.78. The fraction of sp³-hybridized carbons (Fsp3) is 0.630. The number of urea groups is 1. The summed E-state index contributed by atoms with van der Waals surface area (Å²) in [5, 5.41) is 6.37. The van der Waals surface area contributed by atoms with E-state index in [0.717, 1.165) is 49.1 Å². The molecule has 2 aromatic rings. The average molecular weight is 437 g/mol. The number of aromatic nitrogens is 2. The number of rotatable bonds is 6. The van der Waals surface area contributed by atoms with Gasteiger partial charge in [0, 0.05) is 19.0 Å². The maximum Gasteiger partial charge on any atom is 0.315 e. The van der Waals surface area contributed by atoms with E-state index in [1.807, 2.05) is 0 Å². The van der Waals surface area contributed by atoms with Gasteiger partial charge in [-0.25, -0.2) is 9.78 Å². The van der Waals surface area contributed by atoms with Crippen LogP contribution < -0.4 is 10.6 Å². The lowest BCUT2D eigenvalue weighted by Crippen LogP contribution is -2.45. The maximum absolute atomic E-state index is 12.5. The molecule has 1 aromatic heterocycles. The van der Waals surface area contributed by atoms with Gasteiger partial charge in [0.25, 0.3) is 0 Å². The lowest BCUT2D eigenvalue weighted by molar-refractivity contribution is 0.210. The first-order valence-electron chi connectivity index (χ1n) is 12.6. The van der Waals surface area contributed by atoms with Crippen molar-refractivity contribution in [2.45, 2.75) is 78.7 Å². The summed E-state index contributed by atoms with van der Waals surface area (Å²) in [5.41, 5.74) is 4.87. The van der Waals surface area contributed by atoms with Crippen molar-refractivity contribution < 1.29 is 4.79 Å². The predicted molar refractivity (Wildman–Crippen MR) is 132 cm³/mol. The van der Waals surface area contributed by atoms with Crippen LogP contribution in [0, 0.1) is 30.6 Å². The molecule has 3 N–H and O–H groups in total. The number of para-hydroxylation sites is 1. The molecule has 1 fully saturated rings. The number of fused-ring (bicyclic) bond motifs is 1. The van der Waals surface area contributed by atoms with Crippen LogP contribution >= 0.6 is 0 Å². The Kier molecular flexibility index (Phi) is 7.22. The molecule has 32 heavy (non-hydrogen) atoms. The summed E-state index contributed by atoms with van der Waals surface area (Å²) < 4.78 is 0. The highest BCUT2D eigenvalue weighted by atomic mass is 16.2. The second-order valence-corrected chi connectivity index (χ2v) is 10.5. The van der Waals surface area contributed by atoms with Gasteiger partial charge in [-0.05, 0) is 68.4 Å². The topological polar surface area (TPSA) is 69.8 Å². The van der Waals surface area contributed by atoms with Crippen molar-refractivity contribution >= 4 is 17.1 Å². The summed E-state index contributed by atoms with van der Waals surface area (Å²) in [7, 11) is 0. The molecule has 0 bridgehead atoms. The molecule has 1 saturated carbocycles. The number of imidazole rings is 1. The Morgan fingerprint density at radius 3 is 2.69 bits per heavy atom. The summed E-state index contributed by atoms with van der Waals surface area (Å²) in [5.74, 6) is 3.10. The van der Waals surface area contributed by atoms with Crippen molar-refractivity contribution in [3.8, 4) is 0 Å². The zero-order valence-corrected chi connectivity index (χ0v) is 20.2. The highest BCUT2D eigenvalue weighted by Crippen LogP contribution is 2.38. The zero-order valence-electron chi connectivity index (χ0n) is 20.2. The molecule has 5 nitrogen and oxygen atoms in total. The number of carbonyl (C=O) groups is 1. The number of allylic oxidation sites excluding steroid dienone is 1. The molecule has 174 valence electrons. The van der Waals surface area contributed by atoms with Crippen LogP contribution in [0.25, 0.3) is 11.0 Å². The van der Waals surface area contributed by atoms with Gasteiger partial charge in [0.15, 0.2) is 0 Å². The lowest BCUT2D eigenvalue weighted by atomic mass is 9.70. The largest absolute Gasteiger partial charge is 0.342 e. The van der Waals surface area contributed by atoms with E-state index in [1.54, 1.807) is 0 Å². The van der Waals surface area contributed by atoms with Gasteiger partial charge in [-0.3, -0.25) is 0 Å². The normalized spacial score (nSPS) is 24.5. The van der Waals surface area contributed by atoms with Crippen LogP contribution in [0.2, 0.25) is 0 Å². The van der Waals surface area contributed by atoms with Crippen molar-refractivity contribution in [2.75, 3.05) is 6.54 Å². The Morgan fingerprint density at radius 2 is 1.97 bits per heavy atom. The third-order valence-electron chi connectivity index (χ3n) is 7.73. The van der Waals surface area contributed by atoms with Gasteiger partial charge in [0.05, 0.1) is 11.0 Å². The van der Waals surface area contributed by atoms with Crippen LogP contribution in [0.15, 0.2) is 29.8 Å². The van der Waals surface area contributed by atoms with Crippen molar-refractivity contribution in [1.82, 2.24) is 20.6 Å². The summed E-state index contributed by atoms with van der Waals surface area (Å²) >= 11 is 0. The number of aromatic amines is 1. The van der Waals surface area contributed by atoms with E-state index in [4.69, 9.17) is 4.98 Å². The standard InChI is InChI=1S/C27H40N4O/c1-17(2)23-14-20(15-25-30-24-12-8-9-18(3)26(24)31-25)19(4)13-21(23)16-28-27(32)29-22-10-6-5-7-11-22/h8-9,12-13,17,20-23H,5-7,10-11,14-16H2,1-4H3,(H,30,31)(H2,28,29,32). The monoisotopic (exact) mass is 436 g/mol. The van der Waals surface area contributed by atoms with Crippen LogP contribution in [0.3, 0.4) is 0 Å². The minimum absolute atomic E-state index is 0.00484. The molecule has 0 radical (unpaired) electrons. The molecule has 2 aliphatic rings. The van der Waals surface area contributed by atoms with E-state index in [1.165, 1.54) is 30.4 Å². The number of hydrogen-bond donors (Lipinski definition) is 3. The maximum atomic E-state index is 12.5. The smallest absolute Gasteiger partial charge is 0.315 e. The highest BCUT2D eigenvalue weighted by Gasteiger charge is 2.32. The molecule has 0 saturated heterocycles.